The van der Waals surface area contributed by atoms with Gasteiger partial charge in [0.05, 0.1) is 5.41 Å². The van der Waals surface area contributed by atoms with Crippen LogP contribution >= 0.6 is 0 Å². The molecule has 14 rings (SSSR count). The van der Waals surface area contributed by atoms with Gasteiger partial charge in [-0.15, -0.1) is 0 Å². The number of nitrogens with zero attached hydrogens (tertiary/aromatic N) is 3. The number of hydrogen-bond acceptors (Lipinski definition) is 4. The van der Waals surface area contributed by atoms with Crippen LogP contribution in [0.25, 0.3) is 112 Å². The highest BCUT2D eigenvalue weighted by Crippen LogP contribution is 2.58. The van der Waals surface area contributed by atoms with Crippen LogP contribution in [0, 0.1) is 0 Å². The van der Waals surface area contributed by atoms with Crippen LogP contribution in [0.2, 0.25) is 0 Å². The van der Waals surface area contributed by atoms with Crippen LogP contribution in [0.3, 0.4) is 0 Å². The summed E-state index contributed by atoms with van der Waals surface area (Å²) in [6.07, 6.45) is 0. The topological polar surface area (TPSA) is 51.8 Å². The Morgan fingerprint density at radius 1 is 0.270 bits per heavy atom. The van der Waals surface area contributed by atoms with Gasteiger partial charge < -0.3 is 4.42 Å². The lowest BCUT2D eigenvalue weighted by Gasteiger charge is -2.34. The molecule has 0 aliphatic heterocycles. The summed E-state index contributed by atoms with van der Waals surface area (Å²) in [5, 5.41) is 1.95. The fourth-order valence-corrected chi connectivity index (χ4v) is 11.5. The quantitative estimate of drug-likeness (QED) is 0.145. The SMILES string of the molecule is c1ccc(-c2ccc(-c3nc(-c4ccccc4-c4ccccc4)nc(-c4cccc5oc6ccc(-c7ccc(-c8cccc9c8-c8ccccc8C9(c8ccccc8)c8ccccc8)cc7)cc6c45)n3)cc2)cc1. The highest BCUT2D eigenvalue weighted by molar-refractivity contribution is 6.13. The molecule has 2 heterocycles. The van der Waals surface area contributed by atoms with Crippen LogP contribution in [0.5, 0.6) is 0 Å². The minimum absolute atomic E-state index is 0.461. The third-order valence-corrected chi connectivity index (χ3v) is 14.9. The summed E-state index contributed by atoms with van der Waals surface area (Å²) in [6.45, 7) is 0. The fourth-order valence-electron chi connectivity index (χ4n) is 11.5. The maximum Gasteiger partial charge on any atom is 0.164 e. The van der Waals surface area contributed by atoms with Gasteiger partial charge in [-0.25, -0.2) is 15.0 Å². The van der Waals surface area contributed by atoms with E-state index in [1.165, 1.54) is 44.5 Å². The molecule has 1 aliphatic rings. The van der Waals surface area contributed by atoms with Crippen LogP contribution in [-0.4, -0.2) is 15.0 Å². The Labute approximate surface area is 429 Å². The van der Waals surface area contributed by atoms with Crippen LogP contribution in [0.15, 0.2) is 277 Å². The second-order valence-corrected chi connectivity index (χ2v) is 19.0. The van der Waals surface area contributed by atoms with E-state index in [9.17, 15) is 0 Å². The molecule has 346 valence electrons. The van der Waals surface area contributed by atoms with Gasteiger partial charge >= 0.3 is 0 Å². The standard InChI is InChI=1S/C70H45N3O/c1-5-19-46(20-6-1)47-37-41-51(42-38-47)67-71-68(57-28-14-13-27-55(57)49-21-7-2-8-22-49)73-69(72-67)59-31-18-34-64-66(59)60-45-52(43-44-63(60)74-64)48-35-39-50(40-36-48)56-30-17-33-62-65(56)58-29-15-16-32-61(58)70(62,53-23-9-3-10-24-53)54-25-11-4-12-26-54/h1-45H. The van der Waals surface area contributed by atoms with E-state index in [0.717, 1.165) is 72.0 Å². The van der Waals surface area contributed by atoms with Gasteiger partial charge in [0, 0.05) is 27.5 Å². The van der Waals surface area contributed by atoms with Crippen molar-refractivity contribution >= 4 is 21.9 Å². The lowest BCUT2D eigenvalue weighted by Crippen LogP contribution is -2.28. The molecule has 2 aromatic heterocycles. The average Bonchev–Trinajstić information content (AvgIpc) is 4.02. The molecule has 0 spiro atoms. The zero-order chi connectivity index (χ0) is 49.0. The molecule has 0 bridgehead atoms. The number of rotatable bonds is 9. The summed E-state index contributed by atoms with van der Waals surface area (Å²) in [6, 6.07) is 97.1. The Morgan fingerprint density at radius 2 is 0.716 bits per heavy atom. The normalized spacial score (nSPS) is 12.4. The van der Waals surface area contributed by atoms with Crippen molar-refractivity contribution in [3.05, 3.63) is 295 Å². The van der Waals surface area contributed by atoms with Gasteiger partial charge in [-0.05, 0) is 96.1 Å². The van der Waals surface area contributed by atoms with E-state index in [2.05, 4.69) is 243 Å². The summed E-state index contributed by atoms with van der Waals surface area (Å²) < 4.78 is 6.63. The van der Waals surface area contributed by atoms with E-state index in [0.29, 0.717) is 17.5 Å². The maximum absolute atomic E-state index is 6.63. The summed E-state index contributed by atoms with van der Waals surface area (Å²) in [5.41, 5.74) is 20.5. The molecule has 0 radical (unpaired) electrons. The predicted molar refractivity (Wildman–Crippen MR) is 302 cm³/mol. The smallest absolute Gasteiger partial charge is 0.164 e. The van der Waals surface area contributed by atoms with E-state index in [1.807, 2.05) is 30.3 Å². The van der Waals surface area contributed by atoms with Gasteiger partial charge in [0.1, 0.15) is 11.2 Å². The third-order valence-electron chi connectivity index (χ3n) is 14.9. The maximum atomic E-state index is 6.63. The third kappa shape index (κ3) is 7.10. The van der Waals surface area contributed by atoms with Crippen molar-refractivity contribution in [2.75, 3.05) is 0 Å². The van der Waals surface area contributed by atoms with E-state index < -0.39 is 5.41 Å². The zero-order valence-electron chi connectivity index (χ0n) is 40.2. The van der Waals surface area contributed by atoms with Crippen molar-refractivity contribution in [1.29, 1.82) is 0 Å². The van der Waals surface area contributed by atoms with Gasteiger partial charge in [0.15, 0.2) is 17.5 Å². The van der Waals surface area contributed by atoms with Crippen molar-refractivity contribution in [3.63, 3.8) is 0 Å². The van der Waals surface area contributed by atoms with Crippen molar-refractivity contribution in [1.82, 2.24) is 15.0 Å². The first-order valence-electron chi connectivity index (χ1n) is 25.2. The molecule has 0 saturated heterocycles. The number of fused-ring (bicyclic) bond motifs is 6. The van der Waals surface area contributed by atoms with Crippen LogP contribution in [0.1, 0.15) is 22.3 Å². The molecule has 74 heavy (non-hydrogen) atoms. The van der Waals surface area contributed by atoms with E-state index in [4.69, 9.17) is 19.4 Å². The molecule has 0 saturated carbocycles. The second-order valence-electron chi connectivity index (χ2n) is 19.0. The Balaban J connectivity index is 0.882. The molecule has 0 unspecified atom stereocenters. The van der Waals surface area contributed by atoms with E-state index >= 15 is 0 Å². The van der Waals surface area contributed by atoms with Crippen molar-refractivity contribution < 1.29 is 4.42 Å². The Morgan fingerprint density at radius 3 is 1.41 bits per heavy atom. The van der Waals surface area contributed by atoms with Crippen molar-refractivity contribution in [2.24, 2.45) is 0 Å². The lowest BCUT2D eigenvalue weighted by atomic mass is 9.67. The predicted octanol–water partition coefficient (Wildman–Crippen LogP) is 17.8. The highest BCUT2D eigenvalue weighted by Gasteiger charge is 2.46. The van der Waals surface area contributed by atoms with E-state index in [-0.39, 0.29) is 0 Å². The average molecular weight is 944 g/mol. The summed E-state index contributed by atoms with van der Waals surface area (Å²) in [5.74, 6) is 1.76. The largest absolute Gasteiger partial charge is 0.456 e. The van der Waals surface area contributed by atoms with Gasteiger partial charge in [-0.2, -0.15) is 0 Å². The first kappa shape index (κ1) is 43.1. The molecule has 0 amide bonds. The lowest BCUT2D eigenvalue weighted by molar-refractivity contribution is 0.669. The molecular weight excluding hydrogens is 899 g/mol. The van der Waals surface area contributed by atoms with Crippen molar-refractivity contribution in [3.8, 4) is 89.8 Å². The minimum Gasteiger partial charge on any atom is -0.456 e. The zero-order valence-corrected chi connectivity index (χ0v) is 40.2. The number of furan rings is 1. The van der Waals surface area contributed by atoms with Gasteiger partial charge in [0.25, 0.3) is 0 Å². The monoisotopic (exact) mass is 943 g/mol. The Kier molecular flexibility index (Phi) is 10.4. The van der Waals surface area contributed by atoms with E-state index in [1.54, 1.807) is 0 Å². The van der Waals surface area contributed by atoms with Gasteiger partial charge in [-0.1, -0.05) is 255 Å². The first-order chi connectivity index (χ1) is 36.7. The van der Waals surface area contributed by atoms with Gasteiger partial charge in [-0.3, -0.25) is 0 Å². The molecule has 0 fully saturated rings. The Bertz CT molecular complexity index is 4170. The molecular formula is C70H45N3O. The summed E-state index contributed by atoms with van der Waals surface area (Å²) >= 11 is 0. The number of hydrogen-bond donors (Lipinski definition) is 0. The summed E-state index contributed by atoms with van der Waals surface area (Å²) in [7, 11) is 0. The van der Waals surface area contributed by atoms with Crippen LogP contribution in [0.4, 0.5) is 0 Å². The molecule has 11 aromatic carbocycles. The molecule has 0 N–H and O–H groups in total. The molecule has 13 aromatic rings. The fraction of sp³-hybridized carbons (Fsp3) is 0.0143. The second kappa shape index (κ2) is 17.8. The number of benzene rings is 11. The minimum atomic E-state index is -0.461. The molecule has 1 aliphatic carbocycles. The first-order valence-corrected chi connectivity index (χ1v) is 25.2. The van der Waals surface area contributed by atoms with Crippen LogP contribution in [-0.2, 0) is 5.41 Å². The molecule has 0 atom stereocenters. The highest BCUT2D eigenvalue weighted by atomic mass is 16.3. The number of aromatic nitrogens is 3. The Hall–Kier alpha value is -9.77. The van der Waals surface area contributed by atoms with Crippen LogP contribution < -0.4 is 0 Å². The molecule has 4 heteroatoms. The molecule has 4 nitrogen and oxygen atoms in total. The van der Waals surface area contributed by atoms with Gasteiger partial charge in [0.2, 0.25) is 0 Å². The summed E-state index contributed by atoms with van der Waals surface area (Å²) in [4.78, 5) is 15.8. The van der Waals surface area contributed by atoms with Crippen molar-refractivity contribution in [2.45, 2.75) is 5.41 Å².